The fourth-order valence-corrected chi connectivity index (χ4v) is 4.08. The number of anilines is 3. The van der Waals surface area contributed by atoms with Crippen LogP contribution in [-0.2, 0) is 13.0 Å². The number of nitrogens with one attached hydrogen (secondary N) is 2. The number of nitrogens with zero attached hydrogens (tertiary/aromatic N) is 3. The molecule has 0 aliphatic carbocycles. The molecular weight excluding hydrogens is 458 g/mol. The summed E-state index contributed by atoms with van der Waals surface area (Å²) in [6.07, 6.45) is 3.68. The molecule has 180 valence electrons. The van der Waals surface area contributed by atoms with Gasteiger partial charge in [-0.25, -0.2) is 9.97 Å². The molecule has 4 aromatic rings. The molecule has 3 amide bonds. The first kappa shape index (κ1) is 23.0. The van der Waals surface area contributed by atoms with Gasteiger partial charge < -0.3 is 15.1 Å². The molecule has 1 aliphatic rings. The second-order valence-corrected chi connectivity index (χ2v) is 8.39. The Hall–Kier alpha value is -4.79. The quantitative estimate of drug-likeness (QED) is 0.366. The van der Waals surface area contributed by atoms with Crippen LogP contribution in [0, 0.1) is 6.92 Å². The zero-order valence-electron chi connectivity index (χ0n) is 19.7. The van der Waals surface area contributed by atoms with Crippen LogP contribution in [0.25, 0.3) is 0 Å². The van der Waals surface area contributed by atoms with E-state index in [1.54, 1.807) is 18.2 Å². The van der Waals surface area contributed by atoms with Crippen molar-refractivity contribution in [2.24, 2.45) is 0 Å². The molecule has 9 heteroatoms. The van der Waals surface area contributed by atoms with E-state index < -0.39 is 11.8 Å². The number of aryl methyl sites for hydroxylation is 2. The topological polar surface area (TPSA) is 117 Å². The minimum absolute atomic E-state index is 0.0341. The molecule has 2 N–H and O–H groups in total. The van der Waals surface area contributed by atoms with Gasteiger partial charge in [-0.15, -0.1) is 0 Å². The van der Waals surface area contributed by atoms with E-state index in [4.69, 9.17) is 4.42 Å². The highest BCUT2D eigenvalue weighted by Crippen LogP contribution is 2.28. The molecule has 0 atom stereocenters. The smallest absolute Gasteiger partial charge is 0.261 e. The largest absolute Gasteiger partial charge is 0.467 e. The summed E-state index contributed by atoms with van der Waals surface area (Å²) in [4.78, 5) is 48.2. The van der Waals surface area contributed by atoms with Gasteiger partial charge in [0.15, 0.2) is 0 Å². The molecule has 1 aliphatic heterocycles. The van der Waals surface area contributed by atoms with Crippen molar-refractivity contribution in [1.29, 1.82) is 0 Å². The number of imide groups is 1. The fraction of sp³-hybridized carbons (Fsp3) is 0.148. The maximum Gasteiger partial charge on any atom is 0.261 e. The number of carbonyl (C=O) groups is 3. The Morgan fingerprint density at radius 3 is 2.58 bits per heavy atom. The zero-order chi connectivity index (χ0) is 25.2. The van der Waals surface area contributed by atoms with E-state index in [1.165, 1.54) is 24.7 Å². The average Bonchev–Trinajstić information content (AvgIpc) is 3.47. The summed E-state index contributed by atoms with van der Waals surface area (Å²) in [5.41, 5.74) is 3.92. The number of rotatable bonds is 7. The first-order valence-electron chi connectivity index (χ1n) is 11.5. The van der Waals surface area contributed by atoms with Crippen LogP contribution in [0.15, 0.2) is 71.6 Å². The number of hydrogen-bond donors (Lipinski definition) is 2. The fourth-order valence-electron chi connectivity index (χ4n) is 4.08. The van der Waals surface area contributed by atoms with Gasteiger partial charge in [0.1, 0.15) is 17.9 Å². The number of carbonyl (C=O) groups excluding carboxylic acids is 3. The van der Waals surface area contributed by atoms with Gasteiger partial charge in [0, 0.05) is 28.7 Å². The SMILES string of the molecule is CCc1ccc(Nc2cc(C)ncn2)cc1NC(=O)c1ccc2c(c1)C(=O)N(Cc1ccco1)C2=O. The molecule has 0 bridgehead atoms. The molecule has 0 spiro atoms. The van der Waals surface area contributed by atoms with E-state index in [0.29, 0.717) is 23.7 Å². The predicted octanol–water partition coefficient (Wildman–Crippen LogP) is 4.73. The van der Waals surface area contributed by atoms with Crippen molar-refractivity contribution in [3.05, 3.63) is 101 Å². The molecule has 2 aromatic heterocycles. The molecule has 36 heavy (non-hydrogen) atoms. The highest BCUT2D eigenvalue weighted by atomic mass is 16.3. The van der Waals surface area contributed by atoms with Gasteiger partial charge in [0.2, 0.25) is 0 Å². The molecule has 0 saturated heterocycles. The lowest BCUT2D eigenvalue weighted by Gasteiger charge is -2.13. The van der Waals surface area contributed by atoms with E-state index in [9.17, 15) is 14.4 Å². The lowest BCUT2D eigenvalue weighted by atomic mass is 10.0. The minimum atomic E-state index is -0.457. The van der Waals surface area contributed by atoms with Crippen molar-refractivity contribution in [1.82, 2.24) is 14.9 Å². The van der Waals surface area contributed by atoms with Crippen molar-refractivity contribution in [3.63, 3.8) is 0 Å². The third-order valence-electron chi connectivity index (χ3n) is 5.94. The van der Waals surface area contributed by atoms with E-state index in [0.717, 1.165) is 21.8 Å². The van der Waals surface area contributed by atoms with Crippen molar-refractivity contribution >= 4 is 34.9 Å². The maximum atomic E-state index is 13.1. The molecule has 0 unspecified atom stereocenters. The third-order valence-corrected chi connectivity index (χ3v) is 5.94. The highest BCUT2D eigenvalue weighted by molar-refractivity contribution is 6.22. The summed E-state index contributed by atoms with van der Waals surface area (Å²) in [5.74, 6) is -0.107. The summed E-state index contributed by atoms with van der Waals surface area (Å²) in [7, 11) is 0. The number of amides is 3. The van der Waals surface area contributed by atoms with Crippen molar-refractivity contribution in [2.75, 3.05) is 10.6 Å². The minimum Gasteiger partial charge on any atom is -0.467 e. The average molecular weight is 482 g/mol. The molecule has 2 aromatic carbocycles. The van der Waals surface area contributed by atoms with Crippen LogP contribution in [0.3, 0.4) is 0 Å². The van der Waals surface area contributed by atoms with E-state index in [-0.39, 0.29) is 29.1 Å². The van der Waals surface area contributed by atoms with E-state index in [1.807, 2.05) is 38.1 Å². The Morgan fingerprint density at radius 2 is 1.83 bits per heavy atom. The lowest BCUT2D eigenvalue weighted by molar-refractivity contribution is 0.0631. The summed E-state index contributed by atoms with van der Waals surface area (Å²) in [5, 5.41) is 6.16. The summed E-state index contributed by atoms with van der Waals surface area (Å²) in [6, 6.07) is 15.4. The van der Waals surface area contributed by atoms with Gasteiger partial charge in [-0.3, -0.25) is 19.3 Å². The summed E-state index contributed by atoms with van der Waals surface area (Å²) >= 11 is 0. The van der Waals surface area contributed by atoms with Crippen LogP contribution in [0.4, 0.5) is 17.2 Å². The molecule has 0 saturated carbocycles. The summed E-state index contributed by atoms with van der Waals surface area (Å²) < 4.78 is 5.27. The van der Waals surface area contributed by atoms with Crippen LogP contribution >= 0.6 is 0 Å². The van der Waals surface area contributed by atoms with Gasteiger partial charge in [0.25, 0.3) is 17.7 Å². The predicted molar refractivity (Wildman–Crippen MR) is 133 cm³/mol. The Morgan fingerprint density at radius 1 is 1.00 bits per heavy atom. The van der Waals surface area contributed by atoms with E-state index in [2.05, 4.69) is 20.6 Å². The Bertz CT molecular complexity index is 1480. The molecule has 9 nitrogen and oxygen atoms in total. The Balaban J connectivity index is 1.36. The molecule has 0 radical (unpaired) electrons. The van der Waals surface area contributed by atoms with Gasteiger partial charge >= 0.3 is 0 Å². The Labute approximate surface area is 207 Å². The molecule has 3 heterocycles. The Kier molecular flexibility index (Phi) is 6.03. The number of aromatic nitrogens is 2. The molecular formula is C27H23N5O4. The van der Waals surface area contributed by atoms with Crippen molar-refractivity contribution in [3.8, 4) is 0 Å². The van der Waals surface area contributed by atoms with Crippen LogP contribution in [0.5, 0.6) is 0 Å². The number of benzene rings is 2. The monoisotopic (exact) mass is 481 g/mol. The van der Waals surface area contributed by atoms with Crippen LogP contribution in [0.2, 0.25) is 0 Å². The number of furan rings is 1. The van der Waals surface area contributed by atoms with Crippen LogP contribution in [0.1, 0.15) is 55.0 Å². The number of hydrogen-bond acceptors (Lipinski definition) is 7. The summed E-state index contributed by atoms with van der Waals surface area (Å²) in [6.45, 7) is 3.91. The van der Waals surface area contributed by atoms with Gasteiger partial charge in [-0.2, -0.15) is 0 Å². The highest BCUT2D eigenvalue weighted by Gasteiger charge is 2.36. The van der Waals surface area contributed by atoms with Gasteiger partial charge in [0.05, 0.1) is 23.9 Å². The molecule has 5 rings (SSSR count). The van der Waals surface area contributed by atoms with Gasteiger partial charge in [-0.05, 0) is 61.4 Å². The maximum absolute atomic E-state index is 13.1. The van der Waals surface area contributed by atoms with Gasteiger partial charge in [-0.1, -0.05) is 13.0 Å². The standard InChI is InChI=1S/C27H23N5O4/c1-3-17-6-8-19(30-24-11-16(2)28-15-29-24)13-23(17)31-25(33)18-7-9-21-22(12-18)27(35)32(26(21)34)14-20-5-4-10-36-20/h4-13,15H,3,14H2,1-2H3,(H,31,33)(H,28,29,30). The van der Waals surface area contributed by atoms with Crippen LogP contribution < -0.4 is 10.6 Å². The third kappa shape index (κ3) is 4.46. The first-order valence-corrected chi connectivity index (χ1v) is 11.5. The second-order valence-electron chi connectivity index (χ2n) is 8.39. The zero-order valence-corrected chi connectivity index (χ0v) is 19.7. The van der Waals surface area contributed by atoms with Crippen molar-refractivity contribution < 1.29 is 18.8 Å². The lowest BCUT2D eigenvalue weighted by Crippen LogP contribution is -2.28. The molecule has 0 fully saturated rings. The number of fused-ring (bicyclic) bond motifs is 1. The van der Waals surface area contributed by atoms with Crippen molar-refractivity contribution in [2.45, 2.75) is 26.8 Å². The van der Waals surface area contributed by atoms with Crippen LogP contribution in [-0.4, -0.2) is 32.6 Å². The van der Waals surface area contributed by atoms with E-state index >= 15 is 0 Å². The first-order chi connectivity index (χ1) is 17.4. The second kappa shape index (κ2) is 9.46. The normalized spacial score (nSPS) is 12.6.